The molecule has 0 spiro atoms. The van der Waals surface area contributed by atoms with E-state index in [9.17, 15) is 108 Å². The number of nitrogens with two attached hydrogens (primary N) is 5. The largest absolute Gasteiger partial charge is 0.472 e. The predicted molar refractivity (Wildman–Crippen MR) is 522 cm³/mol. The fourth-order valence-corrected chi connectivity index (χ4v) is 11.0. The third kappa shape index (κ3) is 83.3. The summed E-state index contributed by atoms with van der Waals surface area (Å²) in [5, 5.41) is 13.7. The zero-order chi connectivity index (χ0) is 113. The summed E-state index contributed by atoms with van der Waals surface area (Å²) in [6, 6.07) is -1.57. The highest BCUT2D eigenvalue weighted by Crippen LogP contribution is 2.18. The third-order valence-electron chi connectivity index (χ3n) is 15.8. The molecule has 48 nitrogen and oxygen atoms in total. The lowest BCUT2D eigenvalue weighted by Crippen LogP contribution is -2.56. The number of nitrogens with zero attached hydrogens (tertiary/aromatic N) is 12. The molecule has 0 saturated heterocycles. The Kier molecular flexibility index (Phi) is 73.2. The molecule has 0 aliphatic rings. The van der Waals surface area contributed by atoms with Gasteiger partial charge in [-0.3, -0.25) is 123 Å². The van der Waals surface area contributed by atoms with Gasteiger partial charge in [0.1, 0.15) is 16.8 Å². The van der Waals surface area contributed by atoms with Crippen molar-refractivity contribution in [1.82, 2.24) is 109 Å². The van der Waals surface area contributed by atoms with E-state index >= 15 is 0 Å². The molecule has 0 saturated carbocycles. The van der Waals surface area contributed by atoms with Crippen molar-refractivity contribution in [3.63, 3.8) is 0 Å². The first-order valence-electron chi connectivity index (χ1n) is 47.5. The highest BCUT2D eigenvalue weighted by Gasteiger charge is 2.42. The first-order valence-corrected chi connectivity index (χ1v) is 47.5. The van der Waals surface area contributed by atoms with Crippen LogP contribution in [0.4, 0.5) is 50.3 Å². The summed E-state index contributed by atoms with van der Waals surface area (Å²) in [4.78, 5) is 201. The van der Waals surface area contributed by atoms with Crippen LogP contribution in [0, 0.1) is 59.2 Å². The highest BCUT2D eigenvalue weighted by molar-refractivity contribution is 6.33. The normalized spacial score (nSPS) is 11.5. The highest BCUT2D eigenvalue weighted by atomic mass is 19.4. The number of esters is 2. The maximum absolute atomic E-state index is 12.5. The number of urea groups is 2. The lowest BCUT2D eigenvalue weighted by molar-refractivity contribution is -0.180. The van der Waals surface area contributed by atoms with Gasteiger partial charge in [-0.1, -0.05) is 165 Å². The Labute approximate surface area is 841 Å². The Balaban J connectivity index is -0.000000396. The maximum Gasteiger partial charge on any atom is 0.472 e. The smallest absolute Gasteiger partial charge is 0.459 e. The van der Waals surface area contributed by atoms with Crippen molar-refractivity contribution in [3.8, 4) is 0 Å². The van der Waals surface area contributed by atoms with Crippen molar-refractivity contribution in [1.29, 1.82) is 0 Å². The SMILES string of the molecule is CC(C)CN(CC(=O)N(CC(C)C)NC(N)=O)NC(=O)OC(C)(C)C.CC(C)CN(N)CC(=O)N(CC(C)C)NC(N)=O.CCCCN(NC(=O)C(F)(F)F)C(=O)CN(CC(C)C)NC(=O)OC(C)(C)C.CCCCN(NC(=O)C(F)(F)F)C(=O)CN(N)CC(C)C.CCOC(=O)C(=O)N(CC(C)C)NC(=O)CN(CC(C)C)NC(=O)OC(C)(C)C.CCOC(=O)C(=O)N(CC(C)C)NC(=O)CN(N)CC(C)C. The van der Waals surface area contributed by atoms with E-state index in [1.807, 2.05) is 145 Å². The van der Waals surface area contributed by atoms with Crippen molar-refractivity contribution in [2.24, 2.45) is 88.2 Å². The van der Waals surface area contributed by atoms with E-state index in [1.54, 1.807) is 93.9 Å². The van der Waals surface area contributed by atoms with Crippen LogP contribution in [0.3, 0.4) is 0 Å². The summed E-state index contributed by atoms with van der Waals surface area (Å²) < 4.78 is 99.2. The van der Waals surface area contributed by atoms with Gasteiger partial charge in [0.25, 0.3) is 35.4 Å². The average molecular weight is 2080 g/mol. The molecule has 54 heteroatoms. The first-order chi connectivity index (χ1) is 65.2. The Hall–Kier alpha value is -10.8. The van der Waals surface area contributed by atoms with Crippen molar-refractivity contribution < 1.29 is 132 Å². The second-order valence-corrected chi connectivity index (χ2v) is 40.2. The number of halogens is 6. The van der Waals surface area contributed by atoms with E-state index in [4.69, 9.17) is 47.9 Å². The van der Waals surface area contributed by atoms with E-state index in [0.717, 1.165) is 15.0 Å². The van der Waals surface area contributed by atoms with E-state index in [-0.39, 0.29) is 138 Å². The van der Waals surface area contributed by atoms with Gasteiger partial charge < -0.3 is 35.2 Å². The summed E-state index contributed by atoms with van der Waals surface area (Å²) in [7, 11) is 0. The molecule has 0 aromatic carbocycles. The number of carbonyl (C=O) groups is 17. The molecule has 0 aromatic heterocycles. The van der Waals surface area contributed by atoms with Crippen LogP contribution in [0.15, 0.2) is 0 Å². The molecular weight excluding hydrogens is 1900 g/mol. The molecule has 0 atom stereocenters. The Morgan fingerprint density at radius 3 is 0.734 bits per heavy atom. The second kappa shape index (κ2) is 73.3. The number of hydrogen-bond donors (Lipinski definition) is 14. The summed E-state index contributed by atoms with van der Waals surface area (Å²) in [6.45, 7) is 63.3. The van der Waals surface area contributed by atoms with Crippen molar-refractivity contribution in [3.05, 3.63) is 0 Å². The second-order valence-electron chi connectivity index (χ2n) is 40.2. The molecule has 0 unspecified atom stereocenters. The topological polar surface area (TPSA) is 614 Å². The minimum atomic E-state index is -5.11. The maximum atomic E-state index is 12.5. The van der Waals surface area contributed by atoms with Gasteiger partial charge in [0.2, 0.25) is 0 Å². The Bertz CT molecular complexity index is 3800. The van der Waals surface area contributed by atoms with Crippen LogP contribution in [0.1, 0.15) is 254 Å². The first kappa shape index (κ1) is 143. The molecule has 0 aliphatic heterocycles. The number of alkyl halides is 6. The van der Waals surface area contributed by atoms with Gasteiger partial charge in [0.05, 0.1) is 52.5 Å². The van der Waals surface area contributed by atoms with Crippen LogP contribution in [0.25, 0.3) is 0 Å². The number of ether oxygens (including phenoxy) is 5. The van der Waals surface area contributed by atoms with E-state index in [2.05, 4.69) is 42.7 Å². The van der Waals surface area contributed by atoms with Gasteiger partial charge in [-0.15, -0.1) is 0 Å². The van der Waals surface area contributed by atoms with Gasteiger partial charge >= 0.3 is 78.3 Å². The molecule has 17 amide bonds. The molecule has 0 rings (SSSR count). The molecule has 0 aromatic rings. The van der Waals surface area contributed by atoms with Crippen molar-refractivity contribution >= 4 is 101 Å². The Morgan fingerprint density at radius 2 is 0.503 bits per heavy atom. The number of primary amides is 2. The van der Waals surface area contributed by atoms with E-state index in [0.29, 0.717) is 93.4 Å². The number of hydrazine groups is 12. The van der Waals surface area contributed by atoms with Crippen LogP contribution >= 0.6 is 0 Å². The summed E-state index contributed by atoms with van der Waals surface area (Å²) in [5.74, 6) is 7.30. The zero-order valence-electron chi connectivity index (χ0n) is 90.7. The van der Waals surface area contributed by atoms with Crippen molar-refractivity contribution in [2.45, 2.75) is 283 Å². The minimum absolute atomic E-state index is 0.000307. The summed E-state index contributed by atoms with van der Waals surface area (Å²) >= 11 is 0. The summed E-state index contributed by atoms with van der Waals surface area (Å²) in [6.07, 6.45) is -10.1. The minimum Gasteiger partial charge on any atom is -0.459 e. The van der Waals surface area contributed by atoms with E-state index < -0.39 is 125 Å². The van der Waals surface area contributed by atoms with Gasteiger partial charge in [0, 0.05) is 78.5 Å². The molecule has 0 radical (unpaired) electrons. The molecule has 143 heavy (non-hydrogen) atoms. The molecule has 0 heterocycles. The van der Waals surface area contributed by atoms with Gasteiger partial charge in [-0.05, 0) is 148 Å². The number of unbranched alkanes of at least 4 members (excludes halogenated alkanes) is 2. The summed E-state index contributed by atoms with van der Waals surface area (Å²) in [5.41, 5.74) is 28.2. The van der Waals surface area contributed by atoms with E-state index in [1.165, 1.54) is 35.1 Å². The van der Waals surface area contributed by atoms with Crippen LogP contribution in [-0.4, -0.2) is 322 Å². The van der Waals surface area contributed by atoms with Crippen LogP contribution < -0.4 is 77.8 Å². The van der Waals surface area contributed by atoms with Crippen molar-refractivity contribution in [2.75, 3.05) is 131 Å². The van der Waals surface area contributed by atoms with Gasteiger partial charge in [-0.2, -0.15) is 26.3 Å². The van der Waals surface area contributed by atoms with Crippen LogP contribution in [0.5, 0.6) is 0 Å². The number of rotatable bonds is 43. The lowest BCUT2D eigenvalue weighted by Gasteiger charge is -2.30. The number of hydrogen-bond acceptors (Lipinski definition) is 31. The third-order valence-corrected chi connectivity index (χ3v) is 15.8. The molecular formula is C89H176F6N26O22. The standard InChI is InChI=1S/C19H36N4O6.C17H31F3N4O4.C16H33N5O4.C14H28N4O4.C12H23F3N4O2.C11H25N5O2/c1-9-28-17(26)16(25)23(11-14(4)5)20-15(24)12-22(10-13(2)3)21-18(27)29-19(6,7)8;1-7-8-9-24(21-14(26)17(18,19)20)13(25)11-23(10-12(2)3)22-15(27)28-16(4,5)6;1-11(2)8-20(19-15(24)25-16(5,6)7)10-13(22)21(9-12(3)4)18-14(17)23;1-6-22-14(21)13(20)18(8-11(4)5)16-12(19)9-17(15)7-10(2)3;1-4-5-6-19(17-11(21)12(13,14)15)10(20)8-18(16)7-9(2)3;1-8(2)5-15(13)7-10(17)16(6-9(3)4)14-11(12)18/h13-14H,9-12H2,1-8H3,(H,20,24)(H,21,27);12H,7-11H2,1-6H3,(H,21,26)(H,22,27);11-12H,8-10H2,1-7H3,(H,19,24)(H3,17,18,23);10-11H,6-9,15H2,1-5H3,(H,16,19);9H,4-8,16H2,1-3H3,(H,17,21);8-9H,5-7,13H2,1-4H3,(H3,12,14,18). The quantitative estimate of drug-likeness (QED) is 0.00790. The lowest BCUT2D eigenvalue weighted by atomic mass is 10.2. The predicted octanol–water partition coefficient (Wildman–Crippen LogP) is 6.34. The molecule has 0 fully saturated rings. The number of nitrogens with one attached hydrogen (secondary N) is 9. The number of amides is 17. The Morgan fingerprint density at radius 1 is 0.280 bits per heavy atom. The fraction of sp³-hybridized carbons (Fsp3) is 0.809. The number of carbonyl (C=O) groups excluding carboxylic acids is 17. The monoisotopic (exact) mass is 2080 g/mol. The molecule has 836 valence electrons. The molecule has 0 bridgehead atoms. The van der Waals surface area contributed by atoms with Gasteiger partial charge in [-0.25, -0.2) is 84.5 Å². The average Bonchev–Trinajstić information content (AvgIpc) is 0.866. The molecule has 19 N–H and O–H groups in total. The van der Waals surface area contributed by atoms with Gasteiger partial charge in [0.15, 0.2) is 0 Å². The van der Waals surface area contributed by atoms with Crippen LogP contribution in [0.2, 0.25) is 0 Å². The molecule has 0 aliphatic carbocycles. The zero-order valence-corrected chi connectivity index (χ0v) is 90.7. The fourth-order valence-electron chi connectivity index (χ4n) is 11.0. The van der Waals surface area contributed by atoms with Crippen LogP contribution in [-0.2, 0) is 81.2 Å².